The van der Waals surface area contributed by atoms with Gasteiger partial charge in [0.1, 0.15) is 17.8 Å². The summed E-state index contributed by atoms with van der Waals surface area (Å²) in [4.78, 5) is 0. The summed E-state index contributed by atoms with van der Waals surface area (Å²) in [7, 11) is -0.208. The molecule has 0 aromatic heterocycles. The molecule has 1 aromatic rings. The highest BCUT2D eigenvalue weighted by Crippen LogP contribution is 2.45. The molecule has 5 nitrogen and oxygen atoms in total. The molecule has 0 unspecified atom stereocenters. The smallest absolute Gasteiger partial charge is 0.192 e. The Morgan fingerprint density at radius 1 is 1.19 bits per heavy atom. The molecule has 0 aliphatic carbocycles. The van der Waals surface area contributed by atoms with Crippen molar-refractivity contribution in [3.63, 3.8) is 0 Å². The van der Waals surface area contributed by atoms with E-state index >= 15 is 0 Å². The minimum Gasteiger partial charge on any atom is -0.414 e. The van der Waals surface area contributed by atoms with E-state index in [4.69, 9.17) is 23.4 Å². The molecule has 0 bridgehead atoms. The summed E-state index contributed by atoms with van der Waals surface area (Å²) >= 11 is 0. The third kappa shape index (κ3) is 3.77. The summed E-state index contributed by atoms with van der Waals surface area (Å²) in [5.41, 5.74) is 0.661. The zero-order valence-corrected chi connectivity index (χ0v) is 17.8. The summed E-state index contributed by atoms with van der Waals surface area (Å²) in [6, 6.07) is 10.1. The molecule has 26 heavy (non-hydrogen) atoms. The van der Waals surface area contributed by atoms with E-state index in [1.807, 2.05) is 30.3 Å². The fourth-order valence-corrected chi connectivity index (χ4v) is 4.13. The van der Waals surface area contributed by atoms with E-state index < -0.39 is 20.2 Å². The van der Waals surface area contributed by atoms with E-state index in [9.17, 15) is 0 Å². The van der Waals surface area contributed by atoms with Gasteiger partial charge < -0.3 is 23.4 Å². The summed E-state index contributed by atoms with van der Waals surface area (Å²) in [6.07, 6.45) is -0.841. The topological polar surface area (TPSA) is 46.2 Å². The van der Waals surface area contributed by atoms with Crippen LogP contribution in [-0.2, 0) is 30.0 Å². The third-order valence-electron chi connectivity index (χ3n) is 5.94. The van der Waals surface area contributed by atoms with E-state index in [1.54, 1.807) is 7.11 Å². The van der Waals surface area contributed by atoms with Gasteiger partial charge in [-0.1, -0.05) is 51.1 Å². The van der Waals surface area contributed by atoms with Crippen molar-refractivity contribution >= 4 is 8.32 Å². The first-order valence-electron chi connectivity index (χ1n) is 9.30. The zero-order valence-electron chi connectivity index (χ0n) is 16.8. The van der Waals surface area contributed by atoms with Gasteiger partial charge in [-0.2, -0.15) is 0 Å². The summed E-state index contributed by atoms with van der Waals surface area (Å²) < 4.78 is 30.2. The van der Waals surface area contributed by atoms with E-state index in [0.717, 1.165) is 5.56 Å². The lowest BCUT2D eigenvalue weighted by atomic mass is 9.91. The third-order valence-corrected chi connectivity index (χ3v) is 10.4. The van der Waals surface area contributed by atoms with Crippen LogP contribution in [0.4, 0.5) is 0 Å². The Balaban J connectivity index is 1.65. The van der Waals surface area contributed by atoms with Crippen LogP contribution >= 0.6 is 0 Å². The van der Waals surface area contributed by atoms with Gasteiger partial charge in [-0.3, -0.25) is 0 Å². The SMILES string of the molecule is CO[C@@H]1O[C@@]2(CO[Si](C)(C)C(C)(C)C)CO[C@H]2[C@H]1OCc1ccccc1. The van der Waals surface area contributed by atoms with Gasteiger partial charge in [0.25, 0.3) is 0 Å². The summed E-state index contributed by atoms with van der Waals surface area (Å²) in [6.45, 7) is 12.8. The highest BCUT2D eigenvalue weighted by Gasteiger charge is 2.64. The van der Waals surface area contributed by atoms with Gasteiger partial charge in [0, 0.05) is 7.11 Å². The van der Waals surface area contributed by atoms with Crippen molar-refractivity contribution in [2.45, 2.75) is 69.6 Å². The average molecular weight is 381 g/mol. The molecule has 0 spiro atoms. The maximum atomic E-state index is 6.43. The second kappa shape index (κ2) is 7.34. The number of benzene rings is 1. The van der Waals surface area contributed by atoms with Crippen LogP contribution in [0, 0.1) is 0 Å². The second-order valence-corrected chi connectivity index (χ2v) is 13.6. The van der Waals surface area contributed by atoms with Gasteiger partial charge in [0.05, 0.1) is 19.8 Å². The van der Waals surface area contributed by atoms with Crippen LogP contribution in [-0.4, -0.2) is 52.7 Å². The van der Waals surface area contributed by atoms with Gasteiger partial charge in [-0.25, -0.2) is 0 Å². The fraction of sp³-hybridized carbons (Fsp3) is 0.700. The fourth-order valence-electron chi connectivity index (χ4n) is 3.09. The monoisotopic (exact) mass is 380 g/mol. The minimum absolute atomic E-state index is 0.152. The largest absolute Gasteiger partial charge is 0.414 e. The normalized spacial score (nSPS) is 31.5. The highest BCUT2D eigenvalue weighted by molar-refractivity contribution is 6.74. The Morgan fingerprint density at radius 3 is 2.42 bits per heavy atom. The standard InChI is InChI=1S/C20H32O5Si/c1-19(2,3)26(5,6)24-14-20-13-23-17(20)16(18(21-4)25-20)22-12-15-10-8-7-9-11-15/h7-11,16-18H,12-14H2,1-6H3/t16-,17+,18-,20-/m1/s1. The molecule has 4 atom stereocenters. The highest BCUT2D eigenvalue weighted by atomic mass is 28.4. The van der Waals surface area contributed by atoms with Crippen LogP contribution in [0.15, 0.2) is 30.3 Å². The van der Waals surface area contributed by atoms with Gasteiger partial charge >= 0.3 is 0 Å². The lowest BCUT2D eigenvalue weighted by Gasteiger charge is -2.46. The van der Waals surface area contributed by atoms with Crippen LogP contribution in [0.3, 0.4) is 0 Å². The Morgan fingerprint density at radius 2 is 1.88 bits per heavy atom. The maximum Gasteiger partial charge on any atom is 0.192 e. The molecule has 1 aromatic carbocycles. The van der Waals surface area contributed by atoms with Crippen LogP contribution in [0.2, 0.25) is 18.1 Å². The van der Waals surface area contributed by atoms with Crippen molar-refractivity contribution < 1.29 is 23.4 Å². The first-order valence-corrected chi connectivity index (χ1v) is 12.2. The number of rotatable bonds is 7. The van der Waals surface area contributed by atoms with Gasteiger partial charge in [-0.05, 0) is 23.7 Å². The molecule has 6 heteroatoms. The summed E-state index contributed by atoms with van der Waals surface area (Å²) in [5.74, 6) is 0. The first kappa shape index (κ1) is 20.0. The second-order valence-electron chi connectivity index (χ2n) is 8.83. The van der Waals surface area contributed by atoms with Crippen molar-refractivity contribution in [1.29, 1.82) is 0 Å². The van der Waals surface area contributed by atoms with E-state index in [2.05, 4.69) is 33.9 Å². The maximum absolute atomic E-state index is 6.43. The first-order chi connectivity index (χ1) is 12.2. The number of methoxy groups -OCH3 is 1. The average Bonchev–Trinajstić information content (AvgIpc) is 2.78. The molecule has 0 N–H and O–H groups in total. The van der Waals surface area contributed by atoms with Crippen molar-refractivity contribution in [2.24, 2.45) is 0 Å². The van der Waals surface area contributed by atoms with Crippen LogP contribution in [0.5, 0.6) is 0 Å². The molecule has 0 saturated carbocycles. The van der Waals surface area contributed by atoms with Crippen LogP contribution in [0.1, 0.15) is 26.3 Å². The lowest BCUT2D eigenvalue weighted by Crippen LogP contribution is -2.63. The molecule has 2 heterocycles. The van der Waals surface area contributed by atoms with E-state index in [1.165, 1.54) is 0 Å². The Hall–Kier alpha value is -0.763. The Labute approximate surface area is 158 Å². The van der Waals surface area contributed by atoms with Gasteiger partial charge in [0.15, 0.2) is 14.6 Å². The van der Waals surface area contributed by atoms with E-state index in [-0.39, 0.29) is 17.2 Å². The predicted octanol–water partition coefficient (Wildman–Crippen LogP) is 3.73. The molecule has 2 saturated heterocycles. The summed E-state index contributed by atoms with van der Waals surface area (Å²) in [5, 5.41) is 0.159. The van der Waals surface area contributed by atoms with Crippen LogP contribution < -0.4 is 0 Å². The van der Waals surface area contributed by atoms with Crippen molar-refractivity contribution in [1.82, 2.24) is 0 Å². The predicted molar refractivity (Wildman–Crippen MR) is 103 cm³/mol. The lowest BCUT2D eigenvalue weighted by molar-refractivity contribution is -0.257. The number of hydrogen-bond donors (Lipinski definition) is 0. The van der Waals surface area contributed by atoms with Gasteiger partial charge in [-0.15, -0.1) is 0 Å². The molecule has 0 amide bonds. The van der Waals surface area contributed by atoms with Crippen molar-refractivity contribution in [3.8, 4) is 0 Å². The molecule has 3 rings (SSSR count). The molecular weight excluding hydrogens is 348 g/mol. The zero-order chi connectivity index (χ0) is 19.0. The molecule has 2 aliphatic heterocycles. The Bertz CT molecular complexity index is 600. The quantitative estimate of drug-likeness (QED) is 0.675. The van der Waals surface area contributed by atoms with Crippen LogP contribution in [0.25, 0.3) is 0 Å². The van der Waals surface area contributed by atoms with Gasteiger partial charge in [0.2, 0.25) is 0 Å². The molecule has 0 radical (unpaired) electrons. The molecule has 146 valence electrons. The molecular formula is C20H32O5Si. The number of fused-ring (bicyclic) bond motifs is 1. The van der Waals surface area contributed by atoms with E-state index in [0.29, 0.717) is 19.8 Å². The molecule has 2 fully saturated rings. The number of hydrogen-bond acceptors (Lipinski definition) is 5. The Kier molecular flexibility index (Phi) is 5.64. The molecule has 2 aliphatic rings. The van der Waals surface area contributed by atoms with Crippen molar-refractivity contribution in [3.05, 3.63) is 35.9 Å². The number of ether oxygens (including phenoxy) is 4. The van der Waals surface area contributed by atoms with Crippen molar-refractivity contribution in [2.75, 3.05) is 20.3 Å². The minimum atomic E-state index is -1.86.